The van der Waals surface area contributed by atoms with Crippen LogP contribution in [0.3, 0.4) is 0 Å². The molecule has 1 fully saturated rings. The van der Waals surface area contributed by atoms with Crippen molar-refractivity contribution in [2.24, 2.45) is 0 Å². The van der Waals surface area contributed by atoms with E-state index in [-0.39, 0.29) is 11.9 Å². The maximum absolute atomic E-state index is 12.6. The molecule has 0 bridgehead atoms. The first-order valence-electron chi connectivity index (χ1n) is 9.22. The summed E-state index contributed by atoms with van der Waals surface area (Å²) >= 11 is 0. The molecule has 3 aromatic heterocycles. The Bertz CT molecular complexity index is 1150. The predicted molar refractivity (Wildman–Crippen MR) is 105 cm³/mol. The second-order valence-electron chi connectivity index (χ2n) is 6.65. The molecule has 5 rings (SSSR count). The Morgan fingerprint density at radius 2 is 1.76 bits per heavy atom. The van der Waals surface area contributed by atoms with Crippen molar-refractivity contribution < 1.29 is 9.21 Å². The zero-order valence-corrected chi connectivity index (χ0v) is 15.5. The molecule has 0 spiro atoms. The first-order valence-corrected chi connectivity index (χ1v) is 9.22. The number of amides is 1. The van der Waals surface area contributed by atoms with Crippen molar-refractivity contribution >= 4 is 23.6 Å². The fourth-order valence-electron chi connectivity index (χ4n) is 3.32. The smallest absolute Gasteiger partial charge is 0.259 e. The van der Waals surface area contributed by atoms with Gasteiger partial charge in [0, 0.05) is 31.7 Å². The molecule has 4 aromatic rings. The van der Waals surface area contributed by atoms with Gasteiger partial charge >= 0.3 is 0 Å². The average molecular weight is 390 g/mol. The summed E-state index contributed by atoms with van der Waals surface area (Å²) in [6.45, 7) is 2.36. The van der Waals surface area contributed by atoms with Crippen molar-refractivity contribution in [2.45, 2.75) is 0 Å². The Labute approximate surface area is 165 Å². The van der Waals surface area contributed by atoms with Gasteiger partial charge < -0.3 is 20.0 Å². The Morgan fingerprint density at radius 3 is 2.48 bits per heavy atom. The fourth-order valence-corrected chi connectivity index (χ4v) is 3.32. The molecule has 0 aliphatic carbocycles. The zero-order chi connectivity index (χ0) is 19.8. The number of rotatable bonds is 3. The van der Waals surface area contributed by atoms with Crippen molar-refractivity contribution in [2.75, 3.05) is 36.8 Å². The lowest BCUT2D eigenvalue weighted by Crippen LogP contribution is -2.49. The third-order valence-corrected chi connectivity index (χ3v) is 4.83. The highest BCUT2D eigenvalue weighted by atomic mass is 16.3. The van der Waals surface area contributed by atoms with E-state index < -0.39 is 0 Å². The lowest BCUT2D eigenvalue weighted by atomic mass is 10.2. The van der Waals surface area contributed by atoms with Gasteiger partial charge in [-0.1, -0.05) is 18.2 Å². The Kier molecular flexibility index (Phi) is 4.08. The normalized spacial score (nSPS) is 14.5. The maximum Gasteiger partial charge on any atom is 0.259 e. The number of nitrogens with zero attached hydrogens (tertiary/aromatic N) is 7. The summed E-state index contributed by atoms with van der Waals surface area (Å²) in [7, 11) is 0. The van der Waals surface area contributed by atoms with E-state index in [1.165, 1.54) is 4.52 Å². The van der Waals surface area contributed by atoms with Crippen molar-refractivity contribution in [3.05, 3.63) is 54.3 Å². The number of carbonyl (C=O) groups excluding carboxylic acids is 1. The van der Waals surface area contributed by atoms with Crippen LogP contribution in [0, 0.1) is 0 Å². The summed E-state index contributed by atoms with van der Waals surface area (Å²) in [5.74, 6) is 1.97. The minimum Gasteiger partial charge on any atom is -0.461 e. The molecule has 1 aromatic carbocycles. The van der Waals surface area contributed by atoms with Crippen molar-refractivity contribution in [1.82, 2.24) is 29.5 Å². The number of hydrogen-bond donors (Lipinski definition) is 1. The van der Waals surface area contributed by atoms with Crippen LogP contribution in [0.15, 0.2) is 53.1 Å². The van der Waals surface area contributed by atoms with E-state index in [2.05, 4.69) is 20.1 Å². The summed E-state index contributed by atoms with van der Waals surface area (Å²) in [6.07, 6.45) is 1.55. The van der Waals surface area contributed by atoms with Crippen LogP contribution in [0.25, 0.3) is 17.4 Å². The van der Waals surface area contributed by atoms with E-state index in [9.17, 15) is 4.79 Å². The van der Waals surface area contributed by atoms with Gasteiger partial charge in [-0.05, 0) is 24.3 Å². The van der Waals surface area contributed by atoms with E-state index in [0.29, 0.717) is 55.1 Å². The molecule has 10 heteroatoms. The second kappa shape index (κ2) is 6.89. The van der Waals surface area contributed by atoms with Gasteiger partial charge in [0.15, 0.2) is 5.76 Å². The largest absolute Gasteiger partial charge is 0.461 e. The molecule has 0 atom stereocenters. The van der Waals surface area contributed by atoms with Crippen LogP contribution in [0.1, 0.15) is 10.4 Å². The van der Waals surface area contributed by atoms with Crippen LogP contribution < -0.4 is 10.6 Å². The van der Waals surface area contributed by atoms with Gasteiger partial charge in [0.2, 0.25) is 17.7 Å². The van der Waals surface area contributed by atoms with Gasteiger partial charge in [-0.15, -0.1) is 5.10 Å². The van der Waals surface area contributed by atoms with E-state index in [1.807, 2.05) is 40.1 Å². The monoisotopic (exact) mass is 390 g/mol. The summed E-state index contributed by atoms with van der Waals surface area (Å²) in [5, 5.41) is 4.30. The third kappa shape index (κ3) is 3.14. The molecule has 2 N–H and O–H groups in total. The van der Waals surface area contributed by atoms with E-state index in [4.69, 9.17) is 10.2 Å². The first-order chi connectivity index (χ1) is 14.2. The van der Waals surface area contributed by atoms with Gasteiger partial charge in [-0.2, -0.15) is 19.5 Å². The van der Waals surface area contributed by atoms with Crippen LogP contribution in [0.5, 0.6) is 0 Å². The van der Waals surface area contributed by atoms with Crippen molar-refractivity contribution in [3.63, 3.8) is 0 Å². The van der Waals surface area contributed by atoms with Crippen LogP contribution in [-0.4, -0.2) is 61.6 Å². The fraction of sp³-hybridized carbons (Fsp3) is 0.211. The van der Waals surface area contributed by atoms with Gasteiger partial charge in [0.25, 0.3) is 11.7 Å². The third-order valence-electron chi connectivity index (χ3n) is 4.83. The van der Waals surface area contributed by atoms with Crippen molar-refractivity contribution in [1.29, 1.82) is 0 Å². The SMILES string of the molecule is Nc1nc(N2CCN(C(=O)c3ccccc3)CC2)nc2nc(-c3ccco3)nn12. The van der Waals surface area contributed by atoms with Crippen LogP contribution in [0.4, 0.5) is 11.9 Å². The summed E-state index contributed by atoms with van der Waals surface area (Å²) < 4.78 is 6.72. The lowest BCUT2D eigenvalue weighted by Gasteiger charge is -2.34. The quantitative estimate of drug-likeness (QED) is 0.556. The number of hydrogen-bond acceptors (Lipinski definition) is 8. The minimum atomic E-state index is 0.0293. The molecule has 0 radical (unpaired) electrons. The Hall–Kier alpha value is -3.95. The molecular weight excluding hydrogens is 372 g/mol. The van der Waals surface area contributed by atoms with Crippen LogP contribution >= 0.6 is 0 Å². The number of anilines is 2. The van der Waals surface area contributed by atoms with Gasteiger partial charge in [0.05, 0.1) is 6.26 Å². The Morgan fingerprint density at radius 1 is 0.966 bits per heavy atom. The number of nitrogens with two attached hydrogens (primary N) is 1. The number of piperazine rings is 1. The predicted octanol–water partition coefficient (Wildman–Crippen LogP) is 1.32. The van der Waals surface area contributed by atoms with Gasteiger partial charge in [0.1, 0.15) is 0 Å². The maximum atomic E-state index is 12.6. The molecule has 4 heterocycles. The highest BCUT2D eigenvalue weighted by Gasteiger charge is 2.24. The van der Waals surface area contributed by atoms with Gasteiger partial charge in [-0.3, -0.25) is 4.79 Å². The molecule has 1 saturated heterocycles. The van der Waals surface area contributed by atoms with E-state index in [0.717, 1.165) is 0 Å². The number of carbonyl (C=O) groups is 1. The van der Waals surface area contributed by atoms with Gasteiger partial charge in [-0.25, -0.2) is 0 Å². The second-order valence-corrected chi connectivity index (χ2v) is 6.65. The molecule has 146 valence electrons. The average Bonchev–Trinajstić information content (AvgIpc) is 3.44. The van der Waals surface area contributed by atoms with Crippen LogP contribution in [0.2, 0.25) is 0 Å². The molecule has 10 nitrogen and oxygen atoms in total. The highest BCUT2D eigenvalue weighted by Crippen LogP contribution is 2.20. The number of fused-ring (bicyclic) bond motifs is 1. The zero-order valence-electron chi connectivity index (χ0n) is 15.5. The first kappa shape index (κ1) is 17.2. The van der Waals surface area contributed by atoms with Crippen LogP contribution in [-0.2, 0) is 0 Å². The Balaban J connectivity index is 1.35. The number of aromatic nitrogens is 5. The molecular formula is C19H18N8O2. The molecule has 0 unspecified atom stereocenters. The standard InChI is InChI=1S/C19H18N8O2/c20-17-22-18(23-19-21-15(24-27(17)19)14-7-4-12-29-14)26-10-8-25(9-11-26)16(28)13-5-2-1-3-6-13/h1-7,12H,8-11H2,(H2,20,21,22,23,24). The molecule has 1 aliphatic rings. The minimum absolute atomic E-state index is 0.0293. The van der Waals surface area contributed by atoms with E-state index in [1.54, 1.807) is 18.4 Å². The molecule has 0 saturated carbocycles. The van der Waals surface area contributed by atoms with Crippen molar-refractivity contribution in [3.8, 4) is 11.6 Å². The number of furan rings is 1. The summed E-state index contributed by atoms with van der Waals surface area (Å²) in [4.78, 5) is 29.7. The highest BCUT2D eigenvalue weighted by molar-refractivity contribution is 5.94. The molecule has 1 amide bonds. The number of benzene rings is 1. The topological polar surface area (TPSA) is 119 Å². The van der Waals surface area contributed by atoms with E-state index >= 15 is 0 Å². The summed E-state index contributed by atoms with van der Waals surface area (Å²) in [5.41, 5.74) is 6.76. The summed E-state index contributed by atoms with van der Waals surface area (Å²) in [6, 6.07) is 12.8. The number of nitrogen functional groups attached to an aromatic ring is 1. The molecule has 1 aliphatic heterocycles. The lowest BCUT2D eigenvalue weighted by molar-refractivity contribution is 0.0746. The molecule has 29 heavy (non-hydrogen) atoms.